The van der Waals surface area contributed by atoms with Crippen molar-refractivity contribution in [1.29, 1.82) is 5.26 Å². The van der Waals surface area contributed by atoms with Crippen LogP contribution in [0.5, 0.6) is 5.75 Å². The molecule has 0 aliphatic carbocycles. The van der Waals surface area contributed by atoms with Gasteiger partial charge in [-0.25, -0.2) is 28.6 Å². The van der Waals surface area contributed by atoms with Crippen molar-refractivity contribution < 1.29 is 57.2 Å². The number of aliphatic carboxylic acids is 1. The number of aliphatic imine (C=N–C) groups is 1. The van der Waals surface area contributed by atoms with Gasteiger partial charge in [0.05, 0.1) is 25.2 Å². The normalized spacial score (nSPS) is 21.4. The SMILES string of the molecule is CCC(CC)COC(=O)[C@H](C)N[P@](=O)(OC[C@H]1O[C@@](C#N)(c2ccc3c(N=CN(C)C)ncnn23)[C@H](O)[C@@H]1OC(=O)COCC(=O)O)Oc1ccccc1. The van der Waals surface area contributed by atoms with E-state index in [9.17, 15) is 29.3 Å². The van der Waals surface area contributed by atoms with Crippen molar-refractivity contribution in [1.82, 2.24) is 24.6 Å². The van der Waals surface area contributed by atoms with Crippen LogP contribution in [0.15, 0.2) is 53.8 Å². The Kier molecular flexibility index (Phi) is 14.6. The molecule has 3 aromatic rings. The second-order valence-corrected chi connectivity index (χ2v) is 14.2. The minimum absolute atomic E-state index is 0.00227. The van der Waals surface area contributed by atoms with E-state index in [2.05, 4.69) is 20.2 Å². The van der Waals surface area contributed by atoms with E-state index in [1.54, 1.807) is 43.3 Å². The van der Waals surface area contributed by atoms with E-state index in [1.165, 1.54) is 42.3 Å². The fourth-order valence-electron chi connectivity index (χ4n) is 5.34. The zero-order chi connectivity index (χ0) is 39.5. The van der Waals surface area contributed by atoms with Crippen LogP contribution in [0.25, 0.3) is 5.52 Å². The van der Waals surface area contributed by atoms with Crippen molar-refractivity contribution in [2.75, 3.05) is 40.5 Å². The predicted octanol–water partition coefficient (Wildman–Crippen LogP) is 2.60. The number of aliphatic hydroxyl groups excluding tert-OH is 1. The van der Waals surface area contributed by atoms with E-state index in [4.69, 9.17) is 33.1 Å². The topological polar surface area (TPSA) is 246 Å². The average Bonchev–Trinajstić information content (AvgIpc) is 3.69. The Bertz CT molecular complexity index is 1870. The fourth-order valence-corrected chi connectivity index (χ4v) is 6.84. The minimum Gasteiger partial charge on any atom is -0.480 e. The summed E-state index contributed by atoms with van der Waals surface area (Å²) in [6.07, 6.45) is -0.869. The number of fused-ring (bicyclic) bond motifs is 1. The Labute approximate surface area is 311 Å². The van der Waals surface area contributed by atoms with Gasteiger partial charge in [-0.1, -0.05) is 44.9 Å². The summed E-state index contributed by atoms with van der Waals surface area (Å²) >= 11 is 0. The number of hydrogen-bond donors (Lipinski definition) is 3. The molecule has 6 atom stereocenters. The number of nitrogens with one attached hydrogen (secondary N) is 1. The van der Waals surface area contributed by atoms with Crippen LogP contribution >= 0.6 is 7.75 Å². The molecule has 2 aromatic heterocycles. The largest absolute Gasteiger partial charge is 0.480 e. The van der Waals surface area contributed by atoms with Crippen molar-refractivity contribution in [2.45, 2.75) is 63.6 Å². The number of rotatable bonds is 20. The van der Waals surface area contributed by atoms with Crippen molar-refractivity contribution >= 4 is 43.3 Å². The maximum atomic E-state index is 14.3. The van der Waals surface area contributed by atoms with E-state index >= 15 is 0 Å². The number of aliphatic hydroxyl groups is 1. The van der Waals surface area contributed by atoms with Gasteiger partial charge in [-0.15, -0.1) is 0 Å². The molecule has 1 aromatic carbocycles. The number of ether oxygens (including phenoxy) is 4. The number of para-hydroxylation sites is 1. The first-order valence-electron chi connectivity index (χ1n) is 17.0. The smallest absolute Gasteiger partial charge is 0.459 e. The van der Waals surface area contributed by atoms with Crippen LogP contribution < -0.4 is 9.61 Å². The van der Waals surface area contributed by atoms with Crippen molar-refractivity contribution in [3.8, 4) is 11.8 Å². The van der Waals surface area contributed by atoms with Gasteiger partial charge in [0.15, 0.2) is 11.9 Å². The first-order chi connectivity index (χ1) is 25.8. The van der Waals surface area contributed by atoms with Gasteiger partial charge < -0.3 is 38.6 Å². The standard InChI is InChI=1S/C34H44N7O12P/c1-6-23(7-2)15-49-33(46)22(3)39-54(47,53-24-11-9-8-10-12-24)50-16-26-30(51-29(44)18-48-17-28(42)43)31(45)34(19-35,52-26)27-14-13-25-32(37-21-40(4)5)36-20-38-41(25)27/h8-14,20-23,26,30-31,45H,6-7,15-18H2,1-5H3,(H,39,47)(H,42,43)/t22-,26+,30+,31+,34-,54-/m0/s1. The van der Waals surface area contributed by atoms with E-state index < -0.39 is 75.4 Å². The van der Waals surface area contributed by atoms with Crippen molar-refractivity contribution in [3.63, 3.8) is 0 Å². The first-order valence-corrected chi connectivity index (χ1v) is 18.5. The zero-order valence-corrected chi connectivity index (χ0v) is 31.3. The maximum absolute atomic E-state index is 14.3. The molecule has 0 bridgehead atoms. The maximum Gasteiger partial charge on any atom is 0.459 e. The molecule has 1 fully saturated rings. The molecule has 3 N–H and O–H groups in total. The predicted molar refractivity (Wildman–Crippen MR) is 190 cm³/mol. The molecule has 1 aliphatic heterocycles. The van der Waals surface area contributed by atoms with Crippen LogP contribution in [0.4, 0.5) is 5.82 Å². The molecule has 4 rings (SSSR count). The van der Waals surface area contributed by atoms with Gasteiger partial charge in [-0.05, 0) is 37.1 Å². The van der Waals surface area contributed by atoms with Crippen LogP contribution in [0.3, 0.4) is 0 Å². The molecular weight excluding hydrogens is 729 g/mol. The highest BCUT2D eigenvalue weighted by atomic mass is 31.2. The van der Waals surface area contributed by atoms with Gasteiger partial charge in [0, 0.05) is 14.1 Å². The Morgan fingerprint density at radius 2 is 1.91 bits per heavy atom. The third-order valence-corrected chi connectivity index (χ3v) is 9.88. The van der Waals surface area contributed by atoms with Crippen LogP contribution in [0.2, 0.25) is 0 Å². The molecule has 19 nitrogen and oxygen atoms in total. The molecule has 0 radical (unpaired) electrons. The van der Waals surface area contributed by atoms with Crippen LogP contribution in [-0.4, -0.2) is 119 Å². The van der Waals surface area contributed by atoms with Gasteiger partial charge in [-0.3, -0.25) is 9.32 Å². The number of carbonyl (C=O) groups excluding carboxylic acids is 2. The molecule has 20 heteroatoms. The second kappa shape index (κ2) is 18.9. The number of esters is 2. The molecule has 0 amide bonds. The Morgan fingerprint density at radius 3 is 2.56 bits per heavy atom. The molecule has 1 aliphatic rings. The summed E-state index contributed by atoms with van der Waals surface area (Å²) in [4.78, 5) is 46.9. The lowest BCUT2D eigenvalue weighted by molar-refractivity contribution is -0.163. The molecule has 0 unspecified atom stereocenters. The zero-order valence-electron chi connectivity index (χ0n) is 30.4. The van der Waals surface area contributed by atoms with Crippen LogP contribution in [0.1, 0.15) is 39.3 Å². The number of benzene rings is 1. The lowest BCUT2D eigenvalue weighted by Gasteiger charge is -2.26. The van der Waals surface area contributed by atoms with E-state index in [0.717, 1.165) is 12.8 Å². The van der Waals surface area contributed by atoms with E-state index in [0.29, 0.717) is 5.52 Å². The van der Waals surface area contributed by atoms with E-state index in [-0.39, 0.29) is 29.8 Å². The quantitative estimate of drug-likeness (QED) is 0.0646. The summed E-state index contributed by atoms with van der Waals surface area (Å²) in [7, 11) is -0.998. The summed E-state index contributed by atoms with van der Waals surface area (Å²) in [6.45, 7) is 3.13. The van der Waals surface area contributed by atoms with Gasteiger partial charge in [0.1, 0.15) is 55.1 Å². The molecule has 3 heterocycles. The average molecular weight is 774 g/mol. The number of carboxylic acid groups (broad SMARTS) is 1. The highest BCUT2D eigenvalue weighted by Gasteiger charge is 2.60. The number of nitriles is 1. The third kappa shape index (κ3) is 10.4. The number of nitrogens with zero attached hydrogens (tertiary/aromatic N) is 6. The Hall–Kier alpha value is -4.96. The van der Waals surface area contributed by atoms with Crippen molar-refractivity contribution in [2.24, 2.45) is 10.9 Å². The Balaban J connectivity index is 1.67. The highest BCUT2D eigenvalue weighted by molar-refractivity contribution is 7.52. The van der Waals surface area contributed by atoms with E-state index in [1.807, 2.05) is 19.9 Å². The third-order valence-electron chi connectivity index (χ3n) is 8.23. The molecule has 292 valence electrons. The lowest BCUT2D eigenvalue weighted by Crippen LogP contribution is -2.43. The summed E-state index contributed by atoms with van der Waals surface area (Å²) in [5, 5.41) is 38.1. The first kappa shape index (κ1) is 41.8. The highest BCUT2D eigenvalue weighted by Crippen LogP contribution is 2.48. The van der Waals surface area contributed by atoms with Crippen LogP contribution in [-0.2, 0) is 48.0 Å². The monoisotopic (exact) mass is 773 g/mol. The number of carbonyl (C=O) groups is 3. The lowest BCUT2D eigenvalue weighted by atomic mass is 9.92. The summed E-state index contributed by atoms with van der Waals surface area (Å²) in [6, 6.07) is 11.7. The molecule has 0 spiro atoms. The van der Waals surface area contributed by atoms with Gasteiger partial charge in [-0.2, -0.15) is 15.4 Å². The number of hydrogen-bond acceptors (Lipinski definition) is 15. The fraction of sp³-hybridized carbons (Fsp3) is 0.500. The van der Waals surface area contributed by atoms with Crippen LogP contribution in [0, 0.1) is 17.2 Å². The molecule has 54 heavy (non-hydrogen) atoms. The minimum atomic E-state index is -4.52. The number of aromatic nitrogens is 3. The summed E-state index contributed by atoms with van der Waals surface area (Å²) < 4.78 is 49.1. The van der Waals surface area contributed by atoms with Gasteiger partial charge in [0.25, 0.3) is 0 Å². The summed E-state index contributed by atoms with van der Waals surface area (Å²) in [5.74, 6) is -2.71. The van der Waals surface area contributed by atoms with Gasteiger partial charge in [0.2, 0.25) is 5.60 Å². The Morgan fingerprint density at radius 1 is 1.19 bits per heavy atom. The van der Waals surface area contributed by atoms with Crippen molar-refractivity contribution in [3.05, 3.63) is 54.5 Å². The molecule has 0 saturated carbocycles. The molecular formula is C34H44N7O12P. The number of carboxylic acids is 1. The summed E-state index contributed by atoms with van der Waals surface area (Å²) in [5.41, 5.74) is -1.95. The molecule has 1 saturated heterocycles. The van der Waals surface area contributed by atoms with Gasteiger partial charge >= 0.3 is 25.7 Å². The second-order valence-electron chi connectivity index (χ2n) is 12.5.